The fourth-order valence-electron chi connectivity index (χ4n) is 2.62. The second-order valence-electron chi connectivity index (χ2n) is 5.04. The standard InChI is InChI=1S/C15H21NO/c1-12(14-9-5-6-10-14)15(17)16-11-13-7-3-2-4-8-13/h2-4,7-8,12,14H,5-6,9-11H2,1H3,(H,16,17). The number of benzene rings is 1. The molecule has 1 aromatic rings. The summed E-state index contributed by atoms with van der Waals surface area (Å²) in [4.78, 5) is 12.0. The molecule has 1 unspecified atom stereocenters. The molecule has 92 valence electrons. The lowest BCUT2D eigenvalue weighted by atomic mass is 9.92. The molecule has 1 aliphatic carbocycles. The van der Waals surface area contributed by atoms with Crippen molar-refractivity contribution in [1.82, 2.24) is 5.32 Å². The van der Waals surface area contributed by atoms with Crippen molar-refractivity contribution < 1.29 is 4.79 Å². The number of hydrogen-bond acceptors (Lipinski definition) is 1. The highest BCUT2D eigenvalue weighted by Crippen LogP contribution is 2.31. The van der Waals surface area contributed by atoms with E-state index in [1.807, 2.05) is 30.3 Å². The maximum absolute atomic E-state index is 12.0. The van der Waals surface area contributed by atoms with Gasteiger partial charge in [-0.05, 0) is 24.3 Å². The van der Waals surface area contributed by atoms with Gasteiger partial charge in [0.05, 0.1) is 0 Å². The molecule has 1 amide bonds. The average molecular weight is 231 g/mol. The van der Waals surface area contributed by atoms with Gasteiger partial charge in [0.15, 0.2) is 0 Å². The third-order valence-corrected chi connectivity index (χ3v) is 3.83. The minimum absolute atomic E-state index is 0.168. The first-order valence-electron chi connectivity index (χ1n) is 6.59. The molecule has 0 spiro atoms. The zero-order valence-corrected chi connectivity index (χ0v) is 10.5. The number of carbonyl (C=O) groups excluding carboxylic acids is 1. The molecule has 1 aromatic carbocycles. The van der Waals surface area contributed by atoms with Crippen LogP contribution in [-0.4, -0.2) is 5.91 Å². The Kier molecular flexibility index (Phi) is 4.18. The van der Waals surface area contributed by atoms with Crippen molar-refractivity contribution in [2.75, 3.05) is 0 Å². The van der Waals surface area contributed by atoms with E-state index in [2.05, 4.69) is 12.2 Å². The molecule has 0 aromatic heterocycles. The van der Waals surface area contributed by atoms with Gasteiger partial charge in [-0.15, -0.1) is 0 Å². The first-order chi connectivity index (χ1) is 8.27. The zero-order valence-electron chi connectivity index (χ0n) is 10.5. The smallest absolute Gasteiger partial charge is 0.223 e. The molecular formula is C15H21NO. The van der Waals surface area contributed by atoms with Gasteiger partial charge in [0.25, 0.3) is 0 Å². The van der Waals surface area contributed by atoms with Gasteiger partial charge in [0.2, 0.25) is 5.91 Å². The Labute approximate surface area is 103 Å². The van der Waals surface area contributed by atoms with Crippen molar-refractivity contribution in [3.05, 3.63) is 35.9 Å². The second-order valence-corrected chi connectivity index (χ2v) is 5.04. The number of rotatable bonds is 4. The van der Waals surface area contributed by atoms with Crippen LogP contribution in [0.25, 0.3) is 0 Å². The Bertz CT molecular complexity index is 354. The van der Waals surface area contributed by atoms with Gasteiger partial charge in [-0.1, -0.05) is 50.1 Å². The topological polar surface area (TPSA) is 29.1 Å². The summed E-state index contributed by atoms with van der Waals surface area (Å²) in [7, 11) is 0. The summed E-state index contributed by atoms with van der Waals surface area (Å²) in [5.41, 5.74) is 1.17. The molecule has 2 nitrogen and oxygen atoms in total. The molecule has 1 saturated carbocycles. The molecule has 0 bridgehead atoms. The molecule has 0 aliphatic heterocycles. The van der Waals surface area contributed by atoms with E-state index < -0.39 is 0 Å². The first-order valence-corrected chi connectivity index (χ1v) is 6.59. The highest BCUT2D eigenvalue weighted by molar-refractivity contribution is 5.78. The summed E-state index contributed by atoms with van der Waals surface area (Å²) in [5.74, 6) is 0.979. The Hall–Kier alpha value is -1.31. The van der Waals surface area contributed by atoms with E-state index in [0.717, 1.165) is 0 Å². The highest BCUT2D eigenvalue weighted by Gasteiger charge is 2.26. The Morgan fingerprint density at radius 2 is 1.94 bits per heavy atom. The summed E-state index contributed by atoms with van der Waals surface area (Å²) in [6.07, 6.45) is 5.03. The lowest BCUT2D eigenvalue weighted by molar-refractivity contribution is -0.126. The van der Waals surface area contributed by atoms with Gasteiger partial charge in [-0.25, -0.2) is 0 Å². The molecule has 1 aliphatic rings. The third kappa shape index (κ3) is 3.32. The van der Waals surface area contributed by atoms with Crippen molar-refractivity contribution in [1.29, 1.82) is 0 Å². The fourth-order valence-corrected chi connectivity index (χ4v) is 2.62. The van der Waals surface area contributed by atoms with Crippen LogP contribution in [0.4, 0.5) is 0 Å². The van der Waals surface area contributed by atoms with Crippen LogP contribution in [0.3, 0.4) is 0 Å². The molecule has 2 heteroatoms. The molecule has 1 N–H and O–H groups in total. The molecule has 2 rings (SSSR count). The summed E-state index contributed by atoms with van der Waals surface area (Å²) < 4.78 is 0. The molecule has 1 atom stereocenters. The SMILES string of the molecule is CC(C(=O)NCc1ccccc1)C1CCCC1. The van der Waals surface area contributed by atoms with E-state index in [9.17, 15) is 4.79 Å². The number of amides is 1. The van der Waals surface area contributed by atoms with Crippen LogP contribution in [0.1, 0.15) is 38.2 Å². The lowest BCUT2D eigenvalue weighted by Gasteiger charge is -2.18. The Morgan fingerprint density at radius 1 is 1.29 bits per heavy atom. The zero-order chi connectivity index (χ0) is 12.1. The van der Waals surface area contributed by atoms with Crippen molar-refractivity contribution in [3.8, 4) is 0 Å². The van der Waals surface area contributed by atoms with E-state index in [-0.39, 0.29) is 11.8 Å². The van der Waals surface area contributed by atoms with Crippen molar-refractivity contribution in [2.24, 2.45) is 11.8 Å². The Balaban J connectivity index is 1.80. The van der Waals surface area contributed by atoms with Crippen LogP contribution in [0.5, 0.6) is 0 Å². The Morgan fingerprint density at radius 3 is 2.59 bits per heavy atom. The predicted octanol–water partition coefficient (Wildman–Crippen LogP) is 3.13. The van der Waals surface area contributed by atoms with Crippen LogP contribution in [0.15, 0.2) is 30.3 Å². The van der Waals surface area contributed by atoms with E-state index in [1.54, 1.807) is 0 Å². The predicted molar refractivity (Wildman–Crippen MR) is 69.4 cm³/mol. The van der Waals surface area contributed by atoms with E-state index in [1.165, 1.54) is 31.2 Å². The van der Waals surface area contributed by atoms with E-state index in [4.69, 9.17) is 0 Å². The molecule has 0 heterocycles. The number of carbonyl (C=O) groups is 1. The van der Waals surface area contributed by atoms with Crippen molar-refractivity contribution in [3.63, 3.8) is 0 Å². The van der Waals surface area contributed by atoms with E-state index >= 15 is 0 Å². The summed E-state index contributed by atoms with van der Waals surface area (Å²) in [5, 5.41) is 3.04. The second kappa shape index (κ2) is 5.85. The van der Waals surface area contributed by atoms with Gasteiger partial charge in [0, 0.05) is 12.5 Å². The lowest BCUT2D eigenvalue weighted by Crippen LogP contribution is -2.32. The van der Waals surface area contributed by atoms with Gasteiger partial charge >= 0.3 is 0 Å². The van der Waals surface area contributed by atoms with Crippen LogP contribution in [0.2, 0.25) is 0 Å². The molecule has 0 radical (unpaired) electrons. The number of nitrogens with one attached hydrogen (secondary N) is 1. The molecule has 1 fully saturated rings. The summed E-state index contributed by atoms with van der Waals surface area (Å²) in [6.45, 7) is 2.72. The van der Waals surface area contributed by atoms with Gasteiger partial charge < -0.3 is 5.32 Å². The maximum Gasteiger partial charge on any atom is 0.223 e. The fraction of sp³-hybridized carbons (Fsp3) is 0.533. The minimum atomic E-state index is 0.168. The summed E-state index contributed by atoms with van der Waals surface area (Å²) >= 11 is 0. The van der Waals surface area contributed by atoms with Crippen molar-refractivity contribution in [2.45, 2.75) is 39.2 Å². The quantitative estimate of drug-likeness (QED) is 0.847. The average Bonchev–Trinajstić information content (AvgIpc) is 2.90. The van der Waals surface area contributed by atoms with Gasteiger partial charge in [-0.3, -0.25) is 4.79 Å². The normalized spacial score (nSPS) is 17.9. The van der Waals surface area contributed by atoms with Crippen molar-refractivity contribution >= 4 is 5.91 Å². The third-order valence-electron chi connectivity index (χ3n) is 3.83. The van der Waals surface area contributed by atoms with E-state index in [0.29, 0.717) is 12.5 Å². The highest BCUT2D eigenvalue weighted by atomic mass is 16.1. The molecular weight excluding hydrogens is 210 g/mol. The van der Waals surface area contributed by atoms with Crippen LogP contribution in [-0.2, 0) is 11.3 Å². The van der Waals surface area contributed by atoms with Gasteiger partial charge in [-0.2, -0.15) is 0 Å². The van der Waals surface area contributed by atoms with Crippen LogP contribution < -0.4 is 5.32 Å². The maximum atomic E-state index is 12.0. The minimum Gasteiger partial charge on any atom is -0.352 e. The van der Waals surface area contributed by atoms with Crippen LogP contribution in [0, 0.1) is 11.8 Å². The molecule has 17 heavy (non-hydrogen) atoms. The summed E-state index contributed by atoms with van der Waals surface area (Å²) in [6, 6.07) is 10.1. The van der Waals surface area contributed by atoms with Crippen LogP contribution >= 0.6 is 0 Å². The first kappa shape index (κ1) is 12.2. The molecule has 0 saturated heterocycles. The number of hydrogen-bond donors (Lipinski definition) is 1. The largest absolute Gasteiger partial charge is 0.352 e. The van der Waals surface area contributed by atoms with Gasteiger partial charge in [0.1, 0.15) is 0 Å². The monoisotopic (exact) mass is 231 g/mol.